The topological polar surface area (TPSA) is 64.7 Å². The van der Waals surface area contributed by atoms with Gasteiger partial charge in [0.25, 0.3) is 0 Å². The monoisotopic (exact) mass is 346 g/mol. The predicted octanol–water partition coefficient (Wildman–Crippen LogP) is 4.66. The lowest BCUT2D eigenvalue weighted by Gasteiger charge is -2.05. The fraction of sp³-hybridized carbons (Fsp3) is 0.143. The number of fused-ring (bicyclic) bond motifs is 1. The van der Waals surface area contributed by atoms with E-state index < -0.39 is 0 Å². The van der Waals surface area contributed by atoms with Gasteiger partial charge < -0.3 is 4.52 Å². The van der Waals surface area contributed by atoms with Crippen LogP contribution in [0.1, 0.15) is 18.1 Å². The van der Waals surface area contributed by atoms with Gasteiger partial charge in [0.15, 0.2) is 0 Å². The third-order valence-electron chi connectivity index (χ3n) is 3.03. The van der Waals surface area contributed by atoms with Crippen LogP contribution in [0, 0.1) is 0 Å². The zero-order valence-electron chi connectivity index (χ0n) is 11.5. The lowest BCUT2D eigenvalue weighted by Crippen LogP contribution is -1.91. The molecule has 4 heterocycles. The molecule has 4 aromatic rings. The van der Waals surface area contributed by atoms with E-state index in [0.29, 0.717) is 11.7 Å². The van der Waals surface area contributed by atoms with Crippen molar-refractivity contribution in [3.8, 4) is 10.7 Å². The summed E-state index contributed by atoms with van der Waals surface area (Å²) in [5, 5.41) is 9.05. The van der Waals surface area contributed by atoms with Gasteiger partial charge in [0.2, 0.25) is 11.7 Å². The van der Waals surface area contributed by atoms with Crippen LogP contribution in [-0.4, -0.2) is 20.1 Å². The van der Waals surface area contributed by atoms with Crippen molar-refractivity contribution in [2.45, 2.75) is 17.2 Å². The van der Waals surface area contributed by atoms with Crippen molar-refractivity contribution >= 4 is 44.7 Å². The number of hydrogen-bond acceptors (Lipinski definition) is 8. The molecule has 1 unspecified atom stereocenters. The van der Waals surface area contributed by atoms with Crippen LogP contribution in [0.2, 0.25) is 0 Å². The molecular formula is C14H10N4OS3. The van der Waals surface area contributed by atoms with Gasteiger partial charge in [0, 0.05) is 0 Å². The molecule has 5 nitrogen and oxygen atoms in total. The molecule has 0 saturated heterocycles. The van der Waals surface area contributed by atoms with Gasteiger partial charge in [-0.2, -0.15) is 4.98 Å². The van der Waals surface area contributed by atoms with Crippen LogP contribution < -0.4 is 0 Å². The number of nitrogens with zero attached hydrogens (tertiary/aromatic N) is 4. The summed E-state index contributed by atoms with van der Waals surface area (Å²) in [6.07, 6.45) is 1.59. The molecule has 0 radical (unpaired) electrons. The molecule has 0 saturated carbocycles. The van der Waals surface area contributed by atoms with Crippen LogP contribution >= 0.6 is 34.4 Å². The fourth-order valence-corrected chi connectivity index (χ4v) is 4.49. The zero-order valence-corrected chi connectivity index (χ0v) is 13.9. The van der Waals surface area contributed by atoms with E-state index in [1.807, 2.05) is 35.9 Å². The first-order valence-electron chi connectivity index (χ1n) is 6.53. The third kappa shape index (κ3) is 2.53. The van der Waals surface area contributed by atoms with Gasteiger partial charge in [-0.05, 0) is 29.8 Å². The van der Waals surface area contributed by atoms with Gasteiger partial charge in [0.05, 0.1) is 20.3 Å². The Bertz CT molecular complexity index is 900. The summed E-state index contributed by atoms with van der Waals surface area (Å²) in [4.78, 5) is 14.1. The minimum Gasteiger partial charge on any atom is -0.338 e. The second-order valence-corrected chi connectivity index (χ2v) is 7.70. The second kappa shape index (κ2) is 5.79. The smallest absolute Gasteiger partial charge is 0.240 e. The number of thioether (sulfide) groups is 1. The van der Waals surface area contributed by atoms with Gasteiger partial charge >= 0.3 is 0 Å². The van der Waals surface area contributed by atoms with Crippen LogP contribution in [0.5, 0.6) is 0 Å². The summed E-state index contributed by atoms with van der Waals surface area (Å²) < 4.78 is 6.50. The molecule has 4 aromatic heterocycles. The van der Waals surface area contributed by atoms with E-state index >= 15 is 0 Å². The lowest BCUT2D eigenvalue weighted by molar-refractivity contribution is 0.381. The first-order valence-corrected chi connectivity index (χ1v) is 9.17. The Morgan fingerprint density at radius 2 is 2.14 bits per heavy atom. The Balaban J connectivity index is 1.60. The van der Waals surface area contributed by atoms with Crippen LogP contribution in [0.25, 0.3) is 20.9 Å². The first-order chi connectivity index (χ1) is 10.8. The van der Waals surface area contributed by atoms with E-state index in [0.717, 1.165) is 20.1 Å². The van der Waals surface area contributed by atoms with E-state index in [1.165, 1.54) is 0 Å². The molecule has 0 bridgehead atoms. The van der Waals surface area contributed by atoms with Crippen molar-refractivity contribution < 1.29 is 4.52 Å². The highest BCUT2D eigenvalue weighted by Crippen LogP contribution is 2.38. The average molecular weight is 346 g/mol. The van der Waals surface area contributed by atoms with Crippen molar-refractivity contribution in [2.75, 3.05) is 0 Å². The Morgan fingerprint density at radius 1 is 1.18 bits per heavy atom. The molecule has 0 aromatic carbocycles. The van der Waals surface area contributed by atoms with E-state index in [1.54, 1.807) is 40.8 Å². The SMILES string of the molecule is CC(Sc1ncnc2ccsc12)c1nc(-c2cccs2)no1. The molecule has 0 aliphatic rings. The quantitative estimate of drug-likeness (QED) is 0.396. The second-order valence-electron chi connectivity index (χ2n) is 4.51. The highest BCUT2D eigenvalue weighted by atomic mass is 32.2. The molecule has 0 spiro atoms. The molecule has 0 aliphatic carbocycles. The summed E-state index contributed by atoms with van der Waals surface area (Å²) in [6.45, 7) is 2.04. The highest BCUT2D eigenvalue weighted by Gasteiger charge is 2.19. The van der Waals surface area contributed by atoms with Gasteiger partial charge in [-0.15, -0.1) is 22.7 Å². The minimum absolute atomic E-state index is 0.0291. The first kappa shape index (κ1) is 13.9. The fourth-order valence-electron chi connectivity index (χ4n) is 1.97. The molecule has 22 heavy (non-hydrogen) atoms. The summed E-state index contributed by atoms with van der Waals surface area (Å²) in [7, 11) is 0. The van der Waals surface area contributed by atoms with Gasteiger partial charge in [0.1, 0.15) is 11.4 Å². The lowest BCUT2D eigenvalue weighted by atomic mass is 10.4. The maximum absolute atomic E-state index is 5.40. The van der Waals surface area contributed by atoms with Crippen molar-refractivity contribution in [1.82, 2.24) is 20.1 Å². The van der Waals surface area contributed by atoms with Crippen molar-refractivity contribution in [3.63, 3.8) is 0 Å². The maximum Gasteiger partial charge on any atom is 0.240 e. The van der Waals surface area contributed by atoms with Gasteiger partial charge in [-0.3, -0.25) is 0 Å². The zero-order chi connectivity index (χ0) is 14.9. The van der Waals surface area contributed by atoms with E-state index in [4.69, 9.17) is 4.52 Å². The third-order valence-corrected chi connectivity index (χ3v) is 6.02. The summed E-state index contributed by atoms with van der Waals surface area (Å²) in [5.74, 6) is 1.25. The molecule has 0 fully saturated rings. The average Bonchev–Trinajstić information content (AvgIpc) is 3.27. The van der Waals surface area contributed by atoms with Gasteiger partial charge in [-0.1, -0.05) is 23.0 Å². The molecule has 110 valence electrons. The Morgan fingerprint density at radius 3 is 3.00 bits per heavy atom. The maximum atomic E-state index is 5.40. The summed E-state index contributed by atoms with van der Waals surface area (Å²) in [5.41, 5.74) is 0.972. The standard InChI is InChI=1S/C14H10N4OS3/c1-8(13-17-12(18-19-13)10-3-2-5-20-10)22-14-11-9(4-6-21-11)15-7-16-14/h2-8H,1H3. The molecule has 1 atom stereocenters. The Labute approximate surface area is 138 Å². The van der Waals surface area contributed by atoms with Crippen LogP contribution in [0.15, 0.2) is 44.8 Å². The number of hydrogen-bond donors (Lipinski definition) is 0. The highest BCUT2D eigenvalue weighted by molar-refractivity contribution is 7.99. The summed E-state index contributed by atoms with van der Waals surface area (Å²) in [6, 6.07) is 5.96. The minimum atomic E-state index is 0.0291. The number of rotatable bonds is 4. The molecule has 4 rings (SSSR count). The predicted molar refractivity (Wildman–Crippen MR) is 89.3 cm³/mol. The van der Waals surface area contributed by atoms with E-state index in [9.17, 15) is 0 Å². The molecule has 0 amide bonds. The van der Waals surface area contributed by atoms with E-state index in [-0.39, 0.29) is 5.25 Å². The van der Waals surface area contributed by atoms with Crippen molar-refractivity contribution in [2.24, 2.45) is 0 Å². The Hall–Kier alpha value is -1.77. The Kier molecular flexibility index (Phi) is 3.65. The van der Waals surface area contributed by atoms with Crippen LogP contribution in [0.4, 0.5) is 0 Å². The molecule has 0 aliphatic heterocycles. The van der Waals surface area contributed by atoms with E-state index in [2.05, 4.69) is 20.1 Å². The van der Waals surface area contributed by atoms with Crippen LogP contribution in [-0.2, 0) is 0 Å². The normalized spacial score (nSPS) is 12.8. The van der Waals surface area contributed by atoms with Crippen LogP contribution in [0.3, 0.4) is 0 Å². The van der Waals surface area contributed by atoms with Gasteiger partial charge in [-0.25, -0.2) is 9.97 Å². The van der Waals surface area contributed by atoms with Crippen molar-refractivity contribution in [1.29, 1.82) is 0 Å². The number of aromatic nitrogens is 4. The summed E-state index contributed by atoms with van der Waals surface area (Å²) >= 11 is 4.85. The number of thiophene rings is 2. The molecular weight excluding hydrogens is 336 g/mol. The van der Waals surface area contributed by atoms with Crippen molar-refractivity contribution in [3.05, 3.63) is 41.2 Å². The largest absolute Gasteiger partial charge is 0.338 e. The molecule has 8 heteroatoms. The molecule has 0 N–H and O–H groups in total.